The van der Waals surface area contributed by atoms with Gasteiger partial charge in [0.15, 0.2) is 5.76 Å². The summed E-state index contributed by atoms with van der Waals surface area (Å²) in [6.07, 6.45) is 5.27. The minimum absolute atomic E-state index is 0.0233. The molecule has 0 unspecified atom stereocenters. The molecule has 32 heavy (non-hydrogen) atoms. The van der Waals surface area contributed by atoms with Gasteiger partial charge in [-0.05, 0) is 67.8 Å². The molecule has 1 heterocycles. The van der Waals surface area contributed by atoms with E-state index in [9.17, 15) is 13.2 Å². The minimum Gasteiger partial charge on any atom is -0.497 e. The number of sulfonamides is 1. The molecule has 0 spiro atoms. The smallest absolute Gasteiger partial charge is 0.261 e. The van der Waals surface area contributed by atoms with Crippen molar-refractivity contribution in [2.24, 2.45) is 5.92 Å². The van der Waals surface area contributed by atoms with Gasteiger partial charge in [-0.1, -0.05) is 23.4 Å². The number of benzene rings is 2. The summed E-state index contributed by atoms with van der Waals surface area (Å²) in [4.78, 5) is 12.2. The van der Waals surface area contributed by atoms with Gasteiger partial charge in [-0.2, -0.15) is 0 Å². The molecule has 1 aromatic heterocycles. The van der Waals surface area contributed by atoms with Crippen molar-refractivity contribution < 1.29 is 22.5 Å². The first-order valence-corrected chi connectivity index (χ1v) is 11.6. The van der Waals surface area contributed by atoms with Gasteiger partial charge >= 0.3 is 0 Å². The van der Waals surface area contributed by atoms with Gasteiger partial charge in [0.1, 0.15) is 17.1 Å². The molecule has 0 aliphatic heterocycles. The fourth-order valence-corrected chi connectivity index (χ4v) is 4.09. The molecule has 1 fully saturated rings. The van der Waals surface area contributed by atoms with Crippen molar-refractivity contribution in [3.8, 4) is 5.75 Å². The maximum Gasteiger partial charge on any atom is 0.261 e. The van der Waals surface area contributed by atoms with Gasteiger partial charge in [0.05, 0.1) is 12.0 Å². The zero-order chi connectivity index (χ0) is 22.7. The molecule has 0 bridgehead atoms. The molecule has 166 valence electrons. The number of hydrogen-bond donors (Lipinski definition) is 2. The van der Waals surface area contributed by atoms with E-state index in [0.717, 1.165) is 18.4 Å². The van der Waals surface area contributed by atoms with Crippen LogP contribution >= 0.6 is 0 Å². The molecular formula is C23H23N3O5S. The molecule has 1 saturated carbocycles. The Hall–Kier alpha value is -3.59. The predicted octanol–water partition coefficient (Wildman–Crippen LogP) is 4.31. The van der Waals surface area contributed by atoms with Crippen LogP contribution in [0.2, 0.25) is 0 Å². The molecule has 2 N–H and O–H groups in total. The number of aromatic nitrogens is 1. The topological polar surface area (TPSA) is 111 Å². The summed E-state index contributed by atoms with van der Waals surface area (Å²) >= 11 is 0. The van der Waals surface area contributed by atoms with Crippen molar-refractivity contribution >= 4 is 39.5 Å². The number of hydrogen-bond acceptors (Lipinski definition) is 6. The molecule has 4 rings (SSSR count). The van der Waals surface area contributed by atoms with Crippen LogP contribution in [0.4, 0.5) is 11.4 Å². The second-order valence-corrected chi connectivity index (χ2v) is 9.19. The molecule has 0 radical (unpaired) electrons. The van der Waals surface area contributed by atoms with E-state index in [2.05, 4.69) is 15.2 Å². The molecule has 1 aliphatic carbocycles. The number of carbonyl (C=O) groups is 1. The van der Waals surface area contributed by atoms with E-state index in [1.807, 2.05) is 0 Å². The first-order valence-electron chi connectivity index (χ1n) is 10.1. The summed E-state index contributed by atoms with van der Waals surface area (Å²) in [6.45, 7) is 1.76. The van der Waals surface area contributed by atoms with E-state index < -0.39 is 10.0 Å². The second kappa shape index (κ2) is 8.88. The lowest BCUT2D eigenvalue weighted by molar-refractivity contribution is -0.117. The lowest BCUT2D eigenvalue weighted by Crippen LogP contribution is -2.14. The third-order valence-corrected chi connectivity index (χ3v) is 6.44. The molecule has 3 aromatic rings. The van der Waals surface area contributed by atoms with Crippen LogP contribution in [-0.2, 0) is 14.8 Å². The van der Waals surface area contributed by atoms with Crippen molar-refractivity contribution in [3.63, 3.8) is 0 Å². The van der Waals surface area contributed by atoms with Gasteiger partial charge in [0.2, 0.25) is 5.91 Å². The van der Waals surface area contributed by atoms with Crippen LogP contribution in [0.1, 0.15) is 29.9 Å². The highest BCUT2D eigenvalue weighted by Crippen LogP contribution is 2.32. The van der Waals surface area contributed by atoms with E-state index >= 15 is 0 Å². The molecule has 8 nitrogen and oxygen atoms in total. The molecule has 9 heteroatoms. The molecule has 0 saturated heterocycles. The van der Waals surface area contributed by atoms with Crippen LogP contribution in [0.25, 0.3) is 12.2 Å². The third kappa shape index (κ3) is 5.00. The van der Waals surface area contributed by atoms with E-state index in [1.165, 1.54) is 12.1 Å². The van der Waals surface area contributed by atoms with E-state index in [0.29, 0.717) is 28.6 Å². The molecule has 0 atom stereocenters. The summed E-state index contributed by atoms with van der Waals surface area (Å²) in [7, 11) is -2.18. The van der Waals surface area contributed by atoms with Crippen molar-refractivity contribution in [2.45, 2.75) is 24.7 Å². The summed E-state index contributed by atoms with van der Waals surface area (Å²) in [5.41, 5.74) is 2.36. The number of carbonyl (C=O) groups excluding carboxylic acids is 1. The van der Waals surface area contributed by atoms with Crippen molar-refractivity contribution in [1.29, 1.82) is 0 Å². The Bertz CT molecular complexity index is 1240. The van der Waals surface area contributed by atoms with E-state index in [-0.39, 0.29) is 16.7 Å². The van der Waals surface area contributed by atoms with Crippen molar-refractivity contribution in [1.82, 2.24) is 5.16 Å². The largest absolute Gasteiger partial charge is 0.497 e. The number of ether oxygens (including phenoxy) is 1. The van der Waals surface area contributed by atoms with Gasteiger partial charge in [0, 0.05) is 11.6 Å². The zero-order valence-corrected chi connectivity index (χ0v) is 18.5. The second-order valence-electron chi connectivity index (χ2n) is 7.51. The standard InChI is InChI=1S/C23H23N3O5S/c1-15-22(24-23(27)17-6-7-17)21(31-25-15)14-5-16-3-12-20(13-4-16)32(28,29)26-18-8-10-19(30-2)11-9-18/h3-5,8-14,17,26H,6-7H2,1-2H3,(H,24,27)/b14-5-. The quantitative estimate of drug-likeness (QED) is 0.526. The fraction of sp³-hybridized carbons (Fsp3) is 0.217. The van der Waals surface area contributed by atoms with Crippen LogP contribution in [0.3, 0.4) is 0 Å². The fourth-order valence-electron chi connectivity index (χ4n) is 3.03. The van der Waals surface area contributed by atoms with Crippen LogP contribution in [0, 0.1) is 12.8 Å². The minimum atomic E-state index is -3.73. The number of anilines is 2. The van der Waals surface area contributed by atoms with Gasteiger partial charge in [-0.3, -0.25) is 9.52 Å². The Morgan fingerprint density at radius 1 is 1.09 bits per heavy atom. The summed E-state index contributed by atoms with van der Waals surface area (Å²) in [5.74, 6) is 1.13. The normalized spacial score (nSPS) is 13.8. The van der Waals surface area contributed by atoms with Crippen LogP contribution in [0.15, 0.2) is 57.9 Å². The average molecular weight is 454 g/mol. The van der Waals surface area contributed by atoms with Crippen LogP contribution in [0.5, 0.6) is 5.75 Å². The molecule has 2 aromatic carbocycles. The molecule has 1 amide bonds. The number of nitrogens with one attached hydrogen (secondary N) is 2. The number of methoxy groups -OCH3 is 1. The highest BCUT2D eigenvalue weighted by Gasteiger charge is 2.30. The van der Waals surface area contributed by atoms with Gasteiger partial charge in [0.25, 0.3) is 10.0 Å². The average Bonchev–Trinajstić information content (AvgIpc) is 3.59. The summed E-state index contributed by atoms with van der Waals surface area (Å²) in [6, 6.07) is 13.0. The Balaban J connectivity index is 1.45. The van der Waals surface area contributed by atoms with Crippen molar-refractivity contribution in [3.05, 3.63) is 65.5 Å². The monoisotopic (exact) mass is 453 g/mol. The SMILES string of the molecule is COc1ccc(NS(=O)(=O)c2ccc(/C=C\c3onc(C)c3NC(=O)C3CC3)cc2)cc1. The predicted molar refractivity (Wildman–Crippen MR) is 122 cm³/mol. The maximum atomic E-state index is 12.6. The molecular weight excluding hydrogens is 430 g/mol. The maximum absolute atomic E-state index is 12.6. The number of aryl methyl sites for hydroxylation is 1. The lowest BCUT2D eigenvalue weighted by Gasteiger charge is -2.09. The first kappa shape index (κ1) is 21.6. The first-order chi connectivity index (χ1) is 15.4. The Kier molecular flexibility index (Phi) is 6.00. The summed E-state index contributed by atoms with van der Waals surface area (Å²) < 4.78 is 38.2. The van der Waals surface area contributed by atoms with Crippen molar-refractivity contribution in [2.75, 3.05) is 17.1 Å². The highest BCUT2D eigenvalue weighted by molar-refractivity contribution is 7.92. The van der Waals surface area contributed by atoms with Crippen LogP contribution in [-0.4, -0.2) is 26.6 Å². The molecule has 1 aliphatic rings. The number of nitrogens with zero attached hydrogens (tertiary/aromatic N) is 1. The lowest BCUT2D eigenvalue weighted by atomic mass is 10.2. The highest BCUT2D eigenvalue weighted by atomic mass is 32.2. The van der Waals surface area contributed by atoms with Gasteiger partial charge in [-0.25, -0.2) is 8.42 Å². The van der Waals surface area contributed by atoms with E-state index in [1.54, 1.807) is 62.6 Å². The number of rotatable bonds is 8. The van der Waals surface area contributed by atoms with E-state index in [4.69, 9.17) is 9.26 Å². The Labute approximate surface area is 186 Å². The summed E-state index contributed by atoms with van der Waals surface area (Å²) in [5, 5.41) is 6.80. The van der Waals surface area contributed by atoms with Gasteiger partial charge in [-0.15, -0.1) is 0 Å². The Morgan fingerprint density at radius 3 is 2.41 bits per heavy atom. The number of amides is 1. The van der Waals surface area contributed by atoms with Crippen LogP contribution < -0.4 is 14.8 Å². The zero-order valence-electron chi connectivity index (χ0n) is 17.7. The third-order valence-electron chi connectivity index (χ3n) is 5.05. The Morgan fingerprint density at radius 2 is 1.78 bits per heavy atom. The van der Waals surface area contributed by atoms with Gasteiger partial charge < -0.3 is 14.6 Å².